The molecule has 0 atom stereocenters. The molecule has 0 saturated carbocycles. The Labute approximate surface area is 79.3 Å². The predicted molar refractivity (Wildman–Crippen MR) is 45.3 cm³/mol. The Balaban J connectivity index is 3.27. The number of rotatable bonds is 3. The molecular weight excluding hydrogens is 194 g/mol. The van der Waals surface area contributed by atoms with Crippen molar-refractivity contribution in [1.82, 2.24) is 4.98 Å². The highest BCUT2D eigenvalue weighted by Crippen LogP contribution is 2.34. The zero-order chi connectivity index (χ0) is 10.7. The number of hydrogen-bond donors (Lipinski definition) is 2. The molecule has 0 radical (unpaired) electrons. The zero-order valence-electron chi connectivity index (χ0n) is 7.50. The molecule has 0 amide bonds. The molecule has 0 aromatic carbocycles. The van der Waals surface area contributed by atoms with Crippen molar-refractivity contribution in [2.45, 2.75) is 13.0 Å². The van der Waals surface area contributed by atoms with E-state index in [4.69, 9.17) is 5.73 Å². The number of halogens is 2. The van der Waals surface area contributed by atoms with Crippen molar-refractivity contribution >= 4 is 0 Å². The smallest absolute Gasteiger partial charge is 0.267 e. The van der Waals surface area contributed by atoms with Crippen LogP contribution in [0.2, 0.25) is 0 Å². The molecule has 0 aliphatic heterocycles. The van der Waals surface area contributed by atoms with Gasteiger partial charge in [0.2, 0.25) is 0 Å². The quantitative estimate of drug-likeness (QED) is 0.776. The highest BCUT2D eigenvalue weighted by molar-refractivity contribution is 5.42. The van der Waals surface area contributed by atoms with Crippen molar-refractivity contribution in [2.24, 2.45) is 5.73 Å². The third kappa shape index (κ3) is 1.90. The number of ether oxygens (including phenoxy) is 1. The van der Waals surface area contributed by atoms with E-state index in [1.54, 1.807) is 0 Å². The van der Waals surface area contributed by atoms with Gasteiger partial charge in [-0.1, -0.05) is 0 Å². The van der Waals surface area contributed by atoms with E-state index in [0.717, 1.165) is 6.07 Å². The average Bonchev–Trinajstić information content (AvgIpc) is 2.17. The number of nitrogens with two attached hydrogens (primary N) is 1. The maximum Gasteiger partial charge on any atom is 0.267 e. The molecule has 0 fully saturated rings. The van der Waals surface area contributed by atoms with Crippen LogP contribution in [0.5, 0.6) is 11.6 Å². The van der Waals surface area contributed by atoms with E-state index in [1.165, 1.54) is 7.11 Å². The molecule has 1 aromatic rings. The molecule has 0 aliphatic rings. The maximum atomic E-state index is 12.4. The zero-order valence-corrected chi connectivity index (χ0v) is 7.50. The van der Waals surface area contributed by atoms with Gasteiger partial charge in [0.15, 0.2) is 5.75 Å². The summed E-state index contributed by atoms with van der Waals surface area (Å²) in [6.45, 7) is 0.0103. The Morgan fingerprint density at radius 2 is 2.29 bits per heavy atom. The summed E-state index contributed by atoms with van der Waals surface area (Å²) in [5.74, 6) is -0.872. The molecule has 4 nitrogen and oxygen atoms in total. The van der Waals surface area contributed by atoms with Crippen LogP contribution in [-0.4, -0.2) is 17.2 Å². The van der Waals surface area contributed by atoms with Gasteiger partial charge < -0.3 is 15.6 Å². The second-order valence-corrected chi connectivity index (χ2v) is 2.57. The van der Waals surface area contributed by atoms with Gasteiger partial charge in [-0.3, -0.25) is 0 Å². The summed E-state index contributed by atoms with van der Waals surface area (Å²) in [5, 5.41) is 9.27. The second-order valence-electron chi connectivity index (χ2n) is 2.57. The minimum Gasteiger partial charge on any atom is -0.503 e. The number of aromatic nitrogens is 1. The third-order valence-electron chi connectivity index (χ3n) is 1.68. The van der Waals surface area contributed by atoms with Gasteiger partial charge >= 0.3 is 0 Å². The van der Waals surface area contributed by atoms with Gasteiger partial charge in [-0.2, -0.15) is 0 Å². The first-order valence-corrected chi connectivity index (χ1v) is 3.85. The van der Waals surface area contributed by atoms with E-state index < -0.39 is 17.7 Å². The van der Waals surface area contributed by atoms with Crippen LogP contribution in [-0.2, 0) is 6.54 Å². The molecule has 14 heavy (non-hydrogen) atoms. The molecule has 1 rings (SSSR count). The van der Waals surface area contributed by atoms with Crippen LogP contribution in [0.25, 0.3) is 0 Å². The van der Waals surface area contributed by atoms with Gasteiger partial charge in [0.25, 0.3) is 12.3 Å². The van der Waals surface area contributed by atoms with E-state index in [-0.39, 0.29) is 18.1 Å². The molecule has 0 saturated heterocycles. The summed E-state index contributed by atoms with van der Waals surface area (Å²) in [7, 11) is 1.23. The fourth-order valence-corrected chi connectivity index (χ4v) is 1.00. The summed E-state index contributed by atoms with van der Waals surface area (Å²) >= 11 is 0. The van der Waals surface area contributed by atoms with Crippen molar-refractivity contribution in [3.63, 3.8) is 0 Å². The van der Waals surface area contributed by atoms with Gasteiger partial charge in [-0.15, -0.1) is 0 Å². The van der Waals surface area contributed by atoms with Crippen molar-refractivity contribution in [2.75, 3.05) is 7.11 Å². The standard InChI is InChI=1S/C8H10F2N2O2/c1-14-8-6(13)5(7(9)10)2-4(3-11)12-8/h2,7,13H,3,11H2,1H3. The van der Waals surface area contributed by atoms with Gasteiger partial charge in [-0.25, -0.2) is 13.8 Å². The highest BCUT2D eigenvalue weighted by Gasteiger charge is 2.18. The first-order chi connectivity index (χ1) is 6.60. The third-order valence-corrected chi connectivity index (χ3v) is 1.68. The number of hydrogen-bond acceptors (Lipinski definition) is 4. The number of nitrogens with zero attached hydrogens (tertiary/aromatic N) is 1. The first-order valence-electron chi connectivity index (χ1n) is 3.85. The Bertz CT molecular complexity index is 331. The van der Waals surface area contributed by atoms with E-state index in [0.29, 0.717) is 0 Å². The molecule has 78 valence electrons. The summed E-state index contributed by atoms with van der Waals surface area (Å²) in [6.07, 6.45) is -2.78. The van der Waals surface area contributed by atoms with Crippen molar-refractivity contribution in [1.29, 1.82) is 0 Å². The summed E-state index contributed by atoms with van der Waals surface area (Å²) < 4.78 is 29.4. The molecule has 0 aliphatic carbocycles. The van der Waals surface area contributed by atoms with Crippen molar-refractivity contribution in [3.8, 4) is 11.6 Å². The molecular formula is C8H10F2N2O2. The fourth-order valence-electron chi connectivity index (χ4n) is 1.00. The summed E-state index contributed by atoms with van der Waals surface area (Å²) in [6, 6.07) is 1.06. The highest BCUT2D eigenvalue weighted by atomic mass is 19.3. The van der Waals surface area contributed by atoms with Gasteiger partial charge in [0, 0.05) is 6.54 Å². The number of aromatic hydroxyl groups is 1. The first kappa shape index (κ1) is 10.6. The van der Waals surface area contributed by atoms with Crippen LogP contribution in [0.4, 0.5) is 8.78 Å². The lowest BCUT2D eigenvalue weighted by Crippen LogP contribution is -2.03. The Kier molecular flexibility index (Phi) is 3.19. The predicted octanol–water partition coefficient (Wildman–Crippen LogP) is 1.19. The van der Waals surface area contributed by atoms with Crippen LogP contribution >= 0.6 is 0 Å². The number of methoxy groups -OCH3 is 1. The SMILES string of the molecule is COc1nc(CN)cc(C(F)F)c1O. The van der Waals surface area contributed by atoms with Crippen LogP contribution in [0.15, 0.2) is 6.07 Å². The lowest BCUT2D eigenvalue weighted by molar-refractivity contribution is 0.146. The Morgan fingerprint density at radius 1 is 1.64 bits per heavy atom. The largest absolute Gasteiger partial charge is 0.503 e. The van der Waals surface area contributed by atoms with Crippen LogP contribution < -0.4 is 10.5 Å². The topological polar surface area (TPSA) is 68.4 Å². The van der Waals surface area contributed by atoms with Gasteiger partial charge in [0.05, 0.1) is 18.4 Å². The molecule has 0 spiro atoms. The van der Waals surface area contributed by atoms with Gasteiger partial charge in [-0.05, 0) is 6.07 Å². The average molecular weight is 204 g/mol. The number of pyridine rings is 1. The van der Waals surface area contributed by atoms with Crippen LogP contribution in [0, 0.1) is 0 Å². The molecule has 1 aromatic heterocycles. The van der Waals surface area contributed by atoms with Gasteiger partial charge in [0.1, 0.15) is 0 Å². The summed E-state index contributed by atoms with van der Waals surface area (Å²) in [4.78, 5) is 3.72. The molecule has 3 N–H and O–H groups in total. The van der Waals surface area contributed by atoms with E-state index >= 15 is 0 Å². The normalized spacial score (nSPS) is 10.6. The molecule has 0 bridgehead atoms. The minimum absolute atomic E-state index is 0.0103. The Hall–Kier alpha value is -1.43. The fraction of sp³-hybridized carbons (Fsp3) is 0.375. The van der Waals surface area contributed by atoms with Crippen LogP contribution in [0.3, 0.4) is 0 Å². The lowest BCUT2D eigenvalue weighted by atomic mass is 10.2. The lowest BCUT2D eigenvalue weighted by Gasteiger charge is -2.09. The molecule has 1 heterocycles. The van der Waals surface area contributed by atoms with Crippen molar-refractivity contribution < 1.29 is 18.6 Å². The minimum atomic E-state index is -2.78. The summed E-state index contributed by atoms with van der Waals surface area (Å²) in [5.41, 5.74) is 4.98. The second kappa shape index (κ2) is 4.19. The van der Waals surface area contributed by atoms with Crippen molar-refractivity contribution in [3.05, 3.63) is 17.3 Å². The monoisotopic (exact) mass is 204 g/mol. The molecule has 6 heteroatoms. The Morgan fingerprint density at radius 3 is 2.71 bits per heavy atom. The number of alkyl halides is 2. The van der Waals surface area contributed by atoms with E-state index in [1.807, 2.05) is 0 Å². The van der Waals surface area contributed by atoms with E-state index in [2.05, 4.69) is 9.72 Å². The maximum absolute atomic E-state index is 12.4. The van der Waals surface area contributed by atoms with Crippen LogP contribution in [0.1, 0.15) is 17.7 Å². The van der Waals surface area contributed by atoms with E-state index in [9.17, 15) is 13.9 Å². The molecule has 0 unspecified atom stereocenters.